The van der Waals surface area contributed by atoms with Gasteiger partial charge in [0.15, 0.2) is 11.5 Å². The molecular formula is C16H20F3N3O2. The van der Waals surface area contributed by atoms with E-state index in [0.717, 1.165) is 5.82 Å². The van der Waals surface area contributed by atoms with E-state index in [1.165, 1.54) is 32.4 Å². The van der Waals surface area contributed by atoms with Crippen LogP contribution in [0.2, 0.25) is 0 Å². The van der Waals surface area contributed by atoms with E-state index < -0.39 is 12.2 Å². The molecule has 0 aliphatic heterocycles. The standard InChI is InChI=1S/C16H20F3N3O2/c1-11-20-6-8-22(11)9-7-21-15(16(17,18)19)12-4-5-13(23-2)14(10-12)24-3/h4-6,8,10,15,21H,7,9H2,1-3H3. The molecule has 0 radical (unpaired) electrons. The Morgan fingerprint density at radius 3 is 2.46 bits per heavy atom. The molecule has 0 bridgehead atoms. The van der Waals surface area contributed by atoms with Crippen LogP contribution < -0.4 is 14.8 Å². The quantitative estimate of drug-likeness (QED) is 0.839. The van der Waals surface area contributed by atoms with Crippen LogP contribution in [0.5, 0.6) is 11.5 Å². The molecule has 1 unspecified atom stereocenters. The van der Waals surface area contributed by atoms with Gasteiger partial charge < -0.3 is 19.4 Å². The van der Waals surface area contributed by atoms with Crippen LogP contribution in [0.4, 0.5) is 13.2 Å². The number of nitrogens with one attached hydrogen (secondary N) is 1. The van der Waals surface area contributed by atoms with Gasteiger partial charge in [-0.2, -0.15) is 13.2 Å². The lowest BCUT2D eigenvalue weighted by Crippen LogP contribution is -2.36. The molecule has 1 aromatic carbocycles. The lowest BCUT2D eigenvalue weighted by atomic mass is 10.1. The van der Waals surface area contributed by atoms with E-state index in [2.05, 4.69) is 10.3 Å². The van der Waals surface area contributed by atoms with Crippen LogP contribution in [-0.2, 0) is 6.54 Å². The number of ether oxygens (including phenoxy) is 2. The zero-order chi connectivity index (χ0) is 17.7. The van der Waals surface area contributed by atoms with E-state index in [1.54, 1.807) is 23.9 Å². The summed E-state index contributed by atoms with van der Waals surface area (Å²) in [6, 6.07) is 2.40. The molecule has 24 heavy (non-hydrogen) atoms. The van der Waals surface area contributed by atoms with Crippen LogP contribution in [-0.4, -0.2) is 36.5 Å². The highest BCUT2D eigenvalue weighted by molar-refractivity contribution is 5.44. The summed E-state index contributed by atoms with van der Waals surface area (Å²) in [5, 5.41) is 2.56. The normalized spacial score (nSPS) is 12.9. The van der Waals surface area contributed by atoms with E-state index in [1.807, 2.05) is 0 Å². The summed E-state index contributed by atoms with van der Waals surface area (Å²) in [5.41, 5.74) is 0.0718. The molecule has 1 atom stereocenters. The second-order valence-corrected chi connectivity index (χ2v) is 5.21. The first-order chi connectivity index (χ1) is 11.4. The third-order valence-electron chi connectivity index (χ3n) is 3.69. The molecule has 0 saturated heterocycles. The molecule has 0 fully saturated rings. The predicted octanol–water partition coefficient (Wildman–Crippen LogP) is 3.10. The molecule has 0 aliphatic rings. The van der Waals surface area contributed by atoms with E-state index in [-0.39, 0.29) is 17.9 Å². The van der Waals surface area contributed by atoms with Crippen molar-refractivity contribution in [2.75, 3.05) is 20.8 Å². The molecular weight excluding hydrogens is 323 g/mol. The van der Waals surface area contributed by atoms with Gasteiger partial charge in [0.05, 0.1) is 14.2 Å². The number of imidazole rings is 1. The minimum absolute atomic E-state index is 0.0718. The van der Waals surface area contributed by atoms with Crippen molar-refractivity contribution in [2.24, 2.45) is 0 Å². The highest BCUT2D eigenvalue weighted by Gasteiger charge is 2.40. The Morgan fingerprint density at radius 2 is 1.92 bits per heavy atom. The highest BCUT2D eigenvalue weighted by atomic mass is 19.4. The fraction of sp³-hybridized carbons (Fsp3) is 0.438. The molecule has 0 aliphatic carbocycles. The molecule has 132 valence electrons. The van der Waals surface area contributed by atoms with Gasteiger partial charge in [0.1, 0.15) is 11.9 Å². The maximum atomic E-state index is 13.4. The van der Waals surface area contributed by atoms with Crippen molar-refractivity contribution in [2.45, 2.75) is 25.7 Å². The molecule has 1 heterocycles. The lowest BCUT2D eigenvalue weighted by molar-refractivity contribution is -0.157. The van der Waals surface area contributed by atoms with E-state index >= 15 is 0 Å². The molecule has 2 aromatic rings. The maximum absolute atomic E-state index is 13.4. The number of benzene rings is 1. The topological polar surface area (TPSA) is 48.3 Å². The van der Waals surface area contributed by atoms with Gasteiger partial charge in [0, 0.05) is 25.5 Å². The van der Waals surface area contributed by atoms with E-state index in [0.29, 0.717) is 12.3 Å². The van der Waals surface area contributed by atoms with Crippen LogP contribution in [0.15, 0.2) is 30.6 Å². The number of rotatable bonds is 7. The smallest absolute Gasteiger partial charge is 0.407 e. The Bertz CT molecular complexity index is 671. The SMILES string of the molecule is COc1ccc(C(NCCn2ccnc2C)C(F)(F)F)cc1OC. The third-order valence-corrected chi connectivity index (χ3v) is 3.69. The van der Waals surface area contributed by atoms with Crippen molar-refractivity contribution in [1.29, 1.82) is 0 Å². The average molecular weight is 343 g/mol. The van der Waals surface area contributed by atoms with Crippen LogP contribution in [0.25, 0.3) is 0 Å². The highest BCUT2D eigenvalue weighted by Crippen LogP contribution is 2.36. The molecule has 1 N–H and O–H groups in total. The van der Waals surface area contributed by atoms with Gasteiger partial charge in [-0.15, -0.1) is 0 Å². The van der Waals surface area contributed by atoms with Crippen LogP contribution in [0, 0.1) is 6.92 Å². The Balaban J connectivity index is 2.15. The van der Waals surface area contributed by atoms with Crippen molar-refractivity contribution in [3.8, 4) is 11.5 Å². The maximum Gasteiger partial charge on any atom is 0.407 e. The van der Waals surface area contributed by atoms with Gasteiger partial charge in [-0.05, 0) is 24.6 Å². The van der Waals surface area contributed by atoms with E-state index in [9.17, 15) is 13.2 Å². The van der Waals surface area contributed by atoms with Gasteiger partial charge in [0.2, 0.25) is 0 Å². The Kier molecular flexibility index (Phi) is 5.71. The molecule has 8 heteroatoms. The number of alkyl halides is 3. The average Bonchev–Trinajstić information content (AvgIpc) is 2.95. The summed E-state index contributed by atoms with van der Waals surface area (Å²) in [4.78, 5) is 4.05. The Labute approximate surface area is 138 Å². The van der Waals surface area contributed by atoms with Gasteiger partial charge in [-0.3, -0.25) is 0 Å². The first-order valence-corrected chi connectivity index (χ1v) is 7.36. The van der Waals surface area contributed by atoms with Gasteiger partial charge in [-0.1, -0.05) is 6.07 Å². The summed E-state index contributed by atoms with van der Waals surface area (Å²) in [6.45, 7) is 2.34. The molecule has 5 nitrogen and oxygen atoms in total. The summed E-state index contributed by atoms with van der Waals surface area (Å²) in [6.07, 6.45) is -1.08. The summed E-state index contributed by atoms with van der Waals surface area (Å²) < 4.78 is 52.2. The number of methoxy groups -OCH3 is 2. The van der Waals surface area contributed by atoms with Crippen molar-refractivity contribution in [3.63, 3.8) is 0 Å². The fourth-order valence-corrected chi connectivity index (χ4v) is 2.42. The largest absolute Gasteiger partial charge is 0.493 e. The Morgan fingerprint density at radius 1 is 1.21 bits per heavy atom. The third kappa shape index (κ3) is 4.19. The number of aryl methyl sites for hydroxylation is 1. The second kappa shape index (κ2) is 7.57. The van der Waals surface area contributed by atoms with Crippen molar-refractivity contribution in [3.05, 3.63) is 42.0 Å². The molecule has 0 saturated carbocycles. The number of hydrogen-bond donors (Lipinski definition) is 1. The molecule has 0 spiro atoms. The minimum atomic E-state index is -4.43. The van der Waals surface area contributed by atoms with E-state index in [4.69, 9.17) is 9.47 Å². The van der Waals surface area contributed by atoms with Gasteiger partial charge in [-0.25, -0.2) is 4.98 Å². The van der Waals surface area contributed by atoms with Gasteiger partial charge in [0.25, 0.3) is 0 Å². The number of nitrogens with zero attached hydrogens (tertiary/aromatic N) is 2. The Hall–Kier alpha value is -2.22. The number of aromatic nitrogens is 2. The minimum Gasteiger partial charge on any atom is -0.493 e. The summed E-state index contributed by atoms with van der Waals surface area (Å²) >= 11 is 0. The molecule has 0 amide bonds. The molecule has 1 aromatic heterocycles. The van der Waals surface area contributed by atoms with Gasteiger partial charge >= 0.3 is 6.18 Å². The molecule has 2 rings (SSSR count). The summed E-state index contributed by atoms with van der Waals surface area (Å²) in [5.74, 6) is 1.40. The first-order valence-electron chi connectivity index (χ1n) is 7.36. The van der Waals surface area contributed by atoms with Crippen molar-refractivity contribution < 1.29 is 22.6 Å². The second-order valence-electron chi connectivity index (χ2n) is 5.21. The number of halogens is 3. The fourth-order valence-electron chi connectivity index (χ4n) is 2.42. The van der Waals surface area contributed by atoms with Crippen LogP contribution in [0.1, 0.15) is 17.4 Å². The monoisotopic (exact) mass is 343 g/mol. The van der Waals surface area contributed by atoms with Crippen LogP contribution in [0.3, 0.4) is 0 Å². The van der Waals surface area contributed by atoms with Crippen molar-refractivity contribution >= 4 is 0 Å². The van der Waals surface area contributed by atoms with Crippen LogP contribution >= 0.6 is 0 Å². The zero-order valence-corrected chi connectivity index (χ0v) is 13.7. The van der Waals surface area contributed by atoms with Crippen molar-refractivity contribution in [1.82, 2.24) is 14.9 Å². The predicted molar refractivity (Wildman–Crippen MR) is 83.3 cm³/mol. The zero-order valence-electron chi connectivity index (χ0n) is 13.7. The lowest BCUT2D eigenvalue weighted by Gasteiger charge is -2.23. The number of hydrogen-bond acceptors (Lipinski definition) is 4. The first kappa shape index (κ1) is 18.1. The summed E-state index contributed by atoms with van der Waals surface area (Å²) in [7, 11) is 2.82.